The summed E-state index contributed by atoms with van der Waals surface area (Å²) in [7, 11) is 0. The number of aryl methyl sites for hydroxylation is 2. The van der Waals surface area contributed by atoms with Crippen LogP contribution < -0.4 is 0 Å². The summed E-state index contributed by atoms with van der Waals surface area (Å²) in [6.07, 6.45) is 3.62. The van der Waals surface area contributed by atoms with E-state index in [4.69, 9.17) is 15.0 Å². The van der Waals surface area contributed by atoms with Crippen molar-refractivity contribution >= 4 is 21.8 Å². The van der Waals surface area contributed by atoms with Crippen molar-refractivity contribution in [3.8, 4) is 56.4 Å². The van der Waals surface area contributed by atoms with Crippen molar-refractivity contribution in [2.75, 3.05) is 0 Å². The molecule has 0 aliphatic heterocycles. The molecule has 8 rings (SSSR count). The minimum absolute atomic E-state index is 0.590. The Hall–Kier alpha value is -6.07. The molecule has 0 N–H and O–H groups in total. The van der Waals surface area contributed by atoms with Crippen LogP contribution in [0.25, 0.3) is 78.2 Å². The summed E-state index contributed by atoms with van der Waals surface area (Å²) in [5, 5.41) is 2.13. The number of benzene rings is 5. The van der Waals surface area contributed by atoms with E-state index in [9.17, 15) is 0 Å². The molecule has 0 atom stereocenters. The van der Waals surface area contributed by atoms with Gasteiger partial charge in [0.25, 0.3) is 0 Å². The highest BCUT2D eigenvalue weighted by atomic mass is 15.0. The van der Waals surface area contributed by atoms with E-state index in [0.717, 1.165) is 60.8 Å². The Morgan fingerprint density at radius 1 is 0.348 bits per heavy atom. The van der Waals surface area contributed by atoms with Gasteiger partial charge in [-0.1, -0.05) is 96.1 Å². The van der Waals surface area contributed by atoms with Crippen molar-refractivity contribution < 1.29 is 0 Å². The fraction of sp³-hybridized carbons (Fsp3) is 0.0488. The topological polar surface area (TPSA) is 64.5 Å². The molecule has 0 fully saturated rings. The zero-order valence-electron chi connectivity index (χ0n) is 25.5. The molecule has 8 aromatic rings. The van der Waals surface area contributed by atoms with Gasteiger partial charge in [-0.05, 0) is 78.6 Å². The van der Waals surface area contributed by atoms with Crippen LogP contribution in [0.2, 0.25) is 0 Å². The summed E-state index contributed by atoms with van der Waals surface area (Å²) in [4.78, 5) is 24.4. The van der Waals surface area contributed by atoms with E-state index in [1.165, 1.54) is 11.1 Å². The van der Waals surface area contributed by atoms with Gasteiger partial charge >= 0.3 is 0 Å². The molecule has 0 aliphatic carbocycles. The fourth-order valence-corrected chi connectivity index (χ4v) is 5.91. The highest BCUT2D eigenvalue weighted by Crippen LogP contribution is 2.34. The lowest BCUT2D eigenvalue weighted by Gasteiger charge is -2.13. The Morgan fingerprint density at radius 3 is 1.28 bits per heavy atom. The third-order valence-electron chi connectivity index (χ3n) is 8.26. The highest BCUT2D eigenvalue weighted by molar-refractivity contribution is 5.86. The zero-order valence-corrected chi connectivity index (χ0v) is 25.5. The van der Waals surface area contributed by atoms with Gasteiger partial charge < -0.3 is 0 Å². The molecule has 5 heteroatoms. The molecule has 5 nitrogen and oxygen atoms in total. The van der Waals surface area contributed by atoms with Crippen LogP contribution >= 0.6 is 0 Å². The van der Waals surface area contributed by atoms with E-state index in [2.05, 4.69) is 127 Å². The summed E-state index contributed by atoms with van der Waals surface area (Å²) < 4.78 is 0. The number of aromatic nitrogens is 5. The molecule has 0 bridgehead atoms. The lowest BCUT2D eigenvalue weighted by molar-refractivity contribution is 1.07. The number of hydrogen-bond donors (Lipinski definition) is 0. The molecule has 0 saturated carbocycles. The molecule has 0 aliphatic rings. The van der Waals surface area contributed by atoms with Gasteiger partial charge in [-0.15, -0.1) is 0 Å². The van der Waals surface area contributed by atoms with E-state index in [-0.39, 0.29) is 0 Å². The van der Waals surface area contributed by atoms with Gasteiger partial charge in [0, 0.05) is 39.9 Å². The number of rotatable bonds is 5. The van der Waals surface area contributed by atoms with Crippen LogP contribution in [0.5, 0.6) is 0 Å². The summed E-state index contributed by atoms with van der Waals surface area (Å²) in [5.41, 5.74) is 11.4. The van der Waals surface area contributed by atoms with Crippen molar-refractivity contribution in [3.05, 3.63) is 151 Å². The average molecular weight is 592 g/mol. The van der Waals surface area contributed by atoms with Crippen molar-refractivity contribution in [2.45, 2.75) is 13.8 Å². The minimum Gasteiger partial charge on any atom is -0.256 e. The lowest BCUT2D eigenvalue weighted by atomic mass is 9.94. The number of hydrogen-bond acceptors (Lipinski definition) is 5. The summed E-state index contributed by atoms with van der Waals surface area (Å²) >= 11 is 0. The van der Waals surface area contributed by atoms with Crippen molar-refractivity contribution in [3.63, 3.8) is 0 Å². The van der Waals surface area contributed by atoms with Crippen molar-refractivity contribution in [1.29, 1.82) is 0 Å². The third-order valence-corrected chi connectivity index (χ3v) is 8.26. The molecule has 0 amide bonds. The molecule has 3 aromatic heterocycles. The van der Waals surface area contributed by atoms with Crippen molar-refractivity contribution in [2.24, 2.45) is 0 Å². The Labute approximate surface area is 267 Å². The van der Waals surface area contributed by atoms with Gasteiger partial charge in [0.15, 0.2) is 17.5 Å². The predicted molar refractivity (Wildman–Crippen MR) is 187 cm³/mol. The second kappa shape index (κ2) is 11.5. The van der Waals surface area contributed by atoms with Crippen LogP contribution in [0.4, 0.5) is 0 Å². The van der Waals surface area contributed by atoms with E-state index in [0.29, 0.717) is 17.5 Å². The largest absolute Gasteiger partial charge is 0.256 e. The molecule has 0 unspecified atom stereocenters. The maximum absolute atomic E-state index is 5.11. The van der Waals surface area contributed by atoms with Crippen LogP contribution in [0, 0.1) is 13.8 Å². The molecule has 5 aromatic carbocycles. The Kier molecular flexibility index (Phi) is 6.84. The average Bonchev–Trinajstić information content (AvgIpc) is 3.11. The molecule has 0 saturated heterocycles. The van der Waals surface area contributed by atoms with Gasteiger partial charge in [0.1, 0.15) is 0 Å². The maximum Gasteiger partial charge on any atom is 0.164 e. The molecule has 46 heavy (non-hydrogen) atoms. The van der Waals surface area contributed by atoms with Crippen LogP contribution in [0.3, 0.4) is 0 Å². The van der Waals surface area contributed by atoms with Gasteiger partial charge in [0.05, 0.1) is 11.0 Å². The monoisotopic (exact) mass is 591 g/mol. The SMILES string of the molecule is Cc1cccc(-c2cc(-c3cccc(C)c3)cc(-c3nc(-c4ccc5cccnc5c4)nc(-c4ccc5cccnc5c4)n3)c2)c1. The first-order valence-electron chi connectivity index (χ1n) is 15.3. The van der Waals surface area contributed by atoms with Crippen LogP contribution in [0.1, 0.15) is 11.1 Å². The minimum atomic E-state index is 0.590. The second-order valence-electron chi connectivity index (χ2n) is 11.7. The second-order valence-corrected chi connectivity index (χ2v) is 11.7. The maximum atomic E-state index is 5.11. The quantitative estimate of drug-likeness (QED) is 0.199. The summed E-state index contributed by atoms with van der Waals surface area (Å²) in [6, 6.07) is 44.1. The van der Waals surface area contributed by atoms with E-state index in [1.807, 2.05) is 36.7 Å². The van der Waals surface area contributed by atoms with Crippen LogP contribution in [0.15, 0.2) is 140 Å². The van der Waals surface area contributed by atoms with Gasteiger partial charge in [-0.25, -0.2) is 15.0 Å². The normalized spacial score (nSPS) is 11.3. The molecular weight excluding hydrogens is 562 g/mol. The third kappa shape index (κ3) is 5.39. The fourth-order valence-electron chi connectivity index (χ4n) is 5.91. The van der Waals surface area contributed by atoms with Gasteiger partial charge in [-0.2, -0.15) is 0 Å². The first-order valence-corrected chi connectivity index (χ1v) is 15.3. The number of fused-ring (bicyclic) bond motifs is 2. The number of nitrogens with zero attached hydrogens (tertiary/aromatic N) is 5. The Morgan fingerprint density at radius 2 is 0.804 bits per heavy atom. The lowest BCUT2D eigenvalue weighted by Crippen LogP contribution is -2.01. The molecule has 3 heterocycles. The van der Waals surface area contributed by atoms with Crippen molar-refractivity contribution in [1.82, 2.24) is 24.9 Å². The smallest absolute Gasteiger partial charge is 0.164 e. The molecule has 0 radical (unpaired) electrons. The molecule has 218 valence electrons. The molecule has 0 spiro atoms. The summed E-state index contributed by atoms with van der Waals surface area (Å²) in [6.45, 7) is 4.24. The summed E-state index contributed by atoms with van der Waals surface area (Å²) in [5.74, 6) is 1.78. The van der Waals surface area contributed by atoms with Gasteiger partial charge in [0.2, 0.25) is 0 Å². The van der Waals surface area contributed by atoms with Crippen LogP contribution in [-0.2, 0) is 0 Å². The first-order chi connectivity index (χ1) is 22.6. The highest BCUT2D eigenvalue weighted by Gasteiger charge is 2.16. The standard InChI is InChI=1S/C41H29N5/c1-26-7-3-9-30(19-26)34-21-35(31-10-4-8-27(2)20-31)23-36(22-34)41-45-39(32-15-13-28-11-5-17-42-37(28)24-32)44-40(46-41)33-16-14-29-12-6-18-43-38(29)25-33/h3-25H,1-2H3. The Balaban J connectivity index is 1.37. The first kappa shape index (κ1) is 27.5. The van der Waals surface area contributed by atoms with E-state index < -0.39 is 0 Å². The van der Waals surface area contributed by atoms with Crippen LogP contribution in [-0.4, -0.2) is 24.9 Å². The van der Waals surface area contributed by atoms with E-state index in [1.54, 1.807) is 0 Å². The molecular formula is C41H29N5. The van der Waals surface area contributed by atoms with Gasteiger partial charge in [-0.3, -0.25) is 9.97 Å². The zero-order chi connectivity index (χ0) is 31.0. The Bertz CT molecular complexity index is 2250. The number of pyridine rings is 2. The predicted octanol–water partition coefficient (Wildman–Crippen LogP) is 9.92. The van der Waals surface area contributed by atoms with E-state index >= 15 is 0 Å².